The minimum Gasteiger partial charge on any atom is -0.434 e. The van der Waals surface area contributed by atoms with Gasteiger partial charge in [-0.25, -0.2) is 4.79 Å². The van der Waals surface area contributed by atoms with Gasteiger partial charge in [-0.3, -0.25) is 4.79 Å². The van der Waals surface area contributed by atoms with Crippen LogP contribution in [0.2, 0.25) is 0 Å². The Morgan fingerprint density at radius 1 is 1.44 bits per heavy atom. The van der Waals surface area contributed by atoms with Crippen LogP contribution in [0.25, 0.3) is 0 Å². The highest BCUT2D eigenvalue weighted by Crippen LogP contribution is 2.14. The molecule has 16 heavy (non-hydrogen) atoms. The predicted octanol–water partition coefficient (Wildman–Crippen LogP) is 1.38. The zero-order valence-electron chi connectivity index (χ0n) is 9.56. The van der Waals surface area contributed by atoms with Crippen molar-refractivity contribution in [3.05, 3.63) is 12.2 Å². The largest absolute Gasteiger partial charge is 0.508 e. The molecule has 1 amide bonds. The van der Waals surface area contributed by atoms with E-state index in [1.54, 1.807) is 6.08 Å². The first kappa shape index (κ1) is 12.5. The first-order chi connectivity index (χ1) is 7.61. The number of hydrogen-bond donors (Lipinski definition) is 1. The van der Waals surface area contributed by atoms with E-state index in [0.717, 1.165) is 6.42 Å². The Morgan fingerprint density at radius 2 is 2.19 bits per heavy atom. The van der Waals surface area contributed by atoms with E-state index in [4.69, 9.17) is 9.47 Å². The van der Waals surface area contributed by atoms with Gasteiger partial charge < -0.3 is 14.8 Å². The number of amides is 1. The molecule has 0 spiro atoms. The molecule has 1 aliphatic rings. The number of hydrogen-bond acceptors (Lipinski definition) is 4. The van der Waals surface area contributed by atoms with Crippen molar-refractivity contribution >= 4 is 12.1 Å². The van der Waals surface area contributed by atoms with Crippen LogP contribution in [0.3, 0.4) is 0 Å². The SMILES string of the molecule is CCCOC(=O)O[C@@H]1C=C[C@H](NC(C)=O)C1. The molecule has 0 bridgehead atoms. The Labute approximate surface area is 94.8 Å². The van der Waals surface area contributed by atoms with Gasteiger partial charge in [0.15, 0.2) is 0 Å². The maximum atomic E-state index is 11.1. The van der Waals surface area contributed by atoms with Crippen molar-refractivity contribution in [2.24, 2.45) is 0 Å². The summed E-state index contributed by atoms with van der Waals surface area (Å²) in [6.07, 6.45) is 3.96. The van der Waals surface area contributed by atoms with Crippen molar-refractivity contribution in [1.29, 1.82) is 0 Å². The quantitative estimate of drug-likeness (QED) is 0.582. The molecule has 1 aliphatic carbocycles. The predicted molar refractivity (Wildman–Crippen MR) is 57.9 cm³/mol. The van der Waals surface area contributed by atoms with Crippen LogP contribution in [0, 0.1) is 0 Å². The highest BCUT2D eigenvalue weighted by atomic mass is 16.7. The Hall–Kier alpha value is -1.52. The maximum absolute atomic E-state index is 11.1. The fraction of sp³-hybridized carbons (Fsp3) is 0.636. The lowest BCUT2D eigenvalue weighted by Gasteiger charge is -2.13. The second-order valence-electron chi connectivity index (χ2n) is 3.68. The molecule has 0 saturated heterocycles. The molecule has 1 N–H and O–H groups in total. The monoisotopic (exact) mass is 227 g/mol. The van der Waals surface area contributed by atoms with Crippen molar-refractivity contribution in [3.63, 3.8) is 0 Å². The first-order valence-electron chi connectivity index (χ1n) is 5.40. The van der Waals surface area contributed by atoms with Gasteiger partial charge in [-0.2, -0.15) is 0 Å². The van der Waals surface area contributed by atoms with E-state index in [-0.39, 0.29) is 18.1 Å². The molecule has 90 valence electrons. The maximum Gasteiger partial charge on any atom is 0.508 e. The Kier molecular flexibility index (Phi) is 4.82. The van der Waals surface area contributed by atoms with Gasteiger partial charge >= 0.3 is 6.16 Å². The first-order valence-corrected chi connectivity index (χ1v) is 5.40. The minimum absolute atomic E-state index is 0.0542. The van der Waals surface area contributed by atoms with Gasteiger partial charge in [0, 0.05) is 13.3 Å². The van der Waals surface area contributed by atoms with Crippen molar-refractivity contribution in [2.75, 3.05) is 6.61 Å². The number of ether oxygens (including phenoxy) is 2. The summed E-state index contributed by atoms with van der Waals surface area (Å²) in [7, 11) is 0. The van der Waals surface area contributed by atoms with Crippen molar-refractivity contribution in [1.82, 2.24) is 5.32 Å². The third-order valence-electron chi connectivity index (χ3n) is 2.10. The molecule has 0 fully saturated rings. The molecular weight excluding hydrogens is 210 g/mol. The van der Waals surface area contributed by atoms with Crippen LogP contribution in [-0.2, 0) is 14.3 Å². The highest BCUT2D eigenvalue weighted by Gasteiger charge is 2.22. The topological polar surface area (TPSA) is 64.6 Å². The minimum atomic E-state index is -0.653. The lowest BCUT2D eigenvalue weighted by Crippen LogP contribution is -2.31. The summed E-state index contributed by atoms with van der Waals surface area (Å²) in [4.78, 5) is 21.9. The molecule has 5 nitrogen and oxygen atoms in total. The Balaban J connectivity index is 2.24. The third-order valence-corrected chi connectivity index (χ3v) is 2.10. The van der Waals surface area contributed by atoms with E-state index >= 15 is 0 Å². The van der Waals surface area contributed by atoms with Gasteiger partial charge in [-0.05, 0) is 12.5 Å². The summed E-state index contributed by atoms with van der Waals surface area (Å²) in [5.41, 5.74) is 0. The fourth-order valence-corrected chi connectivity index (χ4v) is 1.46. The molecule has 5 heteroatoms. The van der Waals surface area contributed by atoms with Crippen LogP contribution in [-0.4, -0.2) is 30.8 Å². The molecule has 0 aromatic rings. The van der Waals surface area contributed by atoms with E-state index < -0.39 is 6.16 Å². The molecule has 0 aromatic heterocycles. The van der Waals surface area contributed by atoms with Gasteiger partial charge in [-0.15, -0.1) is 0 Å². The van der Waals surface area contributed by atoms with Gasteiger partial charge in [-0.1, -0.05) is 13.0 Å². The highest BCUT2D eigenvalue weighted by molar-refractivity contribution is 5.73. The molecule has 0 aliphatic heterocycles. The standard InChI is InChI=1S/C11H17NO4/c1-3-6-15-11(14)16-10-5-4-9(7-10)12-8(2)13/h4-5,9-10H,3,6-7H2,1-2H3,(H,12,13)/t9-,10+/m0/s1. The van der Waals surface area contributed by atoms with Crippen molar-refractivity contribution in [3.8, 4) is 0 Å². The van der Waals surface area contributed by atoms with E-state index in [0.29, 0.717) is 13.0 Å². The van der Waals surface area contributed by atoms with E-state index in [9.17, 15) is 9.59 Å². The molecule has 2 atom stereocenters. The van der Waals surface area contributed by atoms with Gasteiger partial charge in [0.25, 0.3) is 0 Å². The van der Waals surface area contributed by atoms with E-state index in [1.165, 1.54) is 6.92 Å². The van der Waals surface area contributed by atoms with Crippen LogP contribution in [0.15, 0.2) is 12.2 Å². The summed E-state index contributed by atoms with van der Waals surface area (Å²) in [6.45, 7) is 3.73. The Bertz CT molecular complexity index is 288. The second kappa shape index (κ2) is 6.15. The van der Waals surface area contributed by atoms with Gasteiger partial charge in [0.05, 0.1) is 12.6 Å². The number of nitrogens with one attached hydrogen (secondary N) is 1. The van der Waals surface area contributed by atoms with Crippen molar-refractivity contribution < 1.29 is 19.1 Å². The molecule has 0 heterocycles. The molecule has 1 rings (SSSR count). The zero-order valence-corrected chi connectivity index (χ0v) is 9.56. The molecule has 0 unspecified atom stereocenters. The van der Waals surface area contributed by atoms with Crippen LogP contribution >= 0.6 is 0 Å². The third kappa shape index (κ3) is 4.33. The van der Waals surface area contributed by atoms with Crippen LogP contribution in [0.4, 0.5) is 4.79 Å². The van der Waals surface area contributed by atoms with E-state index in [2.05, 4.69) is 5.32 Å². The summed E-state index contributed by atoms with van der Waals surface area (Å²) in [6, 6.07) is -0.0542. The Morgan fingerprint density at radius 3 is 2.81 bits per heavy atom. The summed E-state index contributed by atoms with van der Waals surface area (Å²) >= 11 is 0. The summed E-state index contributed by atoms with van der Waals surface area (Å²) < 4.78 is 9.81. The second-order valence-corrected chi connectivity index (χ2v) is 3.68. The molecule has 0 saturated carbocycles. The van der Waals surface area contributed by atoms with E-state index in [1.807, 2.05) is 13.0 Å². The van der Waals surface area contributed by atoms with Crippen LogP contribution < -0.4 is 5.32 Å². The van der Waals surface area contributed by atoms with Gasteiger partial charge in [0.1, 0.15) is 6.10 Å². The summed E-state index contributed by atoms with van der Waals surface area (Å²) in [5, 5.41) is 2.73. The number of carbonyl (C=O) groups is 2. The zero-order chi connectivity index (χ0) is 12.0. The number of rotatable bonds is 4. The normalized spacial score (nSPS) is 22.9. The fourth-order valence-electron chi connectivity index (χ4n) is 1.46. The average molecular weight is 227 g/mol. The van der Waals surface area contributed by atoms with Gasteiger partial charge in [0.2, 0.25) is 5.91 Å². The summed E-state index contributed by atoms with van der Waals surface area (Å²) in [5.74, 6) is -0.0936. The van der Waals surface area contributed by atoms with Crippen LogP contribution in [0.1, 0.15) is 26.7 Å². The molecule has 0 aromatic carbocycles. The molecular formula is C11H17NO4. The smallest absolute Gasteiger partial charge is 0.434 e. The number of carbonyl (C=O) groups excluding carboxylic acids is 2. The lowest BCUT2D eigenvalue weighted by molar-refractivity contribution is -0.119. The average Bonchev–Trinajstić information content (AvgIpc) is 2.61. The van der Waals surface area contributed by atoms with Crippen molar-refractivity contribution in [2.45, 2.75) is 38.8 Å². The molecule has 0 radical (unpaired) electrons. The lowest BCUT2D eigenvalue weighted by atomic mass is 10.2. The van der Waals surface area contributed by atoms with Crippen LogP contribution in [0.5, 0.6) is 0 Å².